The molecule has 0 saturated carbocycles. The predicted molar refractivity (Wildman–Crippen MR) is 104 cm³/mol. The maximum atomic E-state index is 12.6. The molecule has 3 rings (SSSR count). The van der Waals surface area contributed by atoms with Crippen molar-refractivity contribution in [3.63, 3.8) is 0 Å². The van der Waals surface area contributed by atoms with E-state index in [1.54, 1.807) is 23.9 Å². The molecule has 1 amide bonds. The number of amides is 1. The number of hydrogen-bond donors (Lipinski definition) is 1. The Morgan fingerprint density at radius 1 is 1.12 bits per heavy atom. The average molecular weight is 371 g/mol. The Bertz CT molecular complexity index is 916. The predicted octanol–water partition coefficient (Wildman–Crippen LogP) is 5.05. The molecule has 2 aromatic carbocycles. The van der Waals surface area contributed by atoms with Gasteiger partial charge in [-0.2, -0.15) is 0 Å². The third-order valence-electron chi connectivity index (χ3n) is 3.63. The fraction of sp³-hybridized carbons (Fsp3) is 0.158. The molecule has 0 unspecified atom stereocenters. The molecule has 0 bridgehead atoms. The van der Waals surface area contributed by atoms with Gasteiger partial charge in [0.1, 0.15) is 4.88 Å². The zero-order valence-corrected chi connectivity index (χ0v) is 15.5. The molecule has 4 nitrogen and oxygen atoms in total. The molecule has 0 atom stereocenters. The summed E-state index contributed by atoms with van der Waals surface area (Å²) >= 11 is 3.03. The number of nitrogens with one attached hydrogen (secondary N) is 1. The van der Waals surface area contributed by atoms with E-state index in [0.717, 1.165) is 20.7 Å². The van der Waals surface area contributed by atoms with Gasteiger partial charge in [0.15, 0.2) is 0 Å². The molecule has 0 aliphatic heterocycles. The van der Waals surface area contributed by atoms with Crippen LogP contribution >= 0.6 is 23.1 Å². The number of carbonyl (C=O) groups is 2. The number of esters is 1. The molecule has 0 aliphatic carbocycles. The zero-order chi connectivity index (χ0) is 17.8. The summed E-state index contributed by atoms with van der Waals surface area (Å²) in [5.74, 6) is 0.280. The van der Waals surface area contributed by atoms with Crippen molar-refractivity contribution in [2.75, 3.05) is 18.2 Å². The summed E-state index contributed by atoms with van der Waals surface area (Å²) in [6.07, 6.45) is 0. The van der Waals surface area contributed by atoms with Crippen LogP contribution in [0.2, 0.25) is 0 Å². The quantitative estimate of drug-likeness (QED) is 0.503. The van der Waals surface area contributed by atoms with E-state index in [-0.39, 0.29) is 5.91 Å². The highest BCUT2D eigenvalue weighted by Gasteiger charge is 2.21. The van der Waals surface area contributed by atoms with Crippen LogP contribution in [0.25, 0.3) is 10.1 Å². The number of rotatable bonds is 5. The van der Waals surface area contributed by atoms with Gasteiger partial charge in [0.2, 0.25) is 0 Å². The molecule has 0 radical (unpaired) electrons. The van der Waals surface area contributed by atoms with E-state index >= 15 is 0 Å². The van der Waals surface area contributed by atoms with Gasteiger partial charge in [0.25, 0.3) is 5.91 Å². The molecule has 1 heterocycles. The van der Waals surface area contributed by atoms with Crippen molar-refractivity contribution in [2.24, 2.45) is 0 Å². The van der Waals surface area contributed by atoms with Crippen LogP contribution in [0.1, 0.15) is 27.0 Å². The van der Waals surface area contributed by atoms with Crippen LogP contribution in [-0.4, -0.2) is 24.7 Å². The van der Waals surface area contributed by atoms with Gasteiger partial charge in [-0.15, -0.1) is 23.1 Å². The van der Waals surface area contributed by atoms with Crippen LogP contribution < -0.4 is 5.32 Å². The van der Waals surface area contributed by atoms with Crippen molar-refractivity contribution < 1.29 is 14.3 Å². The molecule has 6 heteroatoms. The Kier molecular flexibility index (Phi) is 5.40. The van der Waals surface area contributed by atoms with Crippen molar-refractivity contribution >= 4 is 50.7 Å². The number of methoxy groups -OCH3 is 1. The second-order valence-electron chi connectivity index (χ2n) is 5.21. The summed E-state index contributed by atoms with van der Waals surface area (Å²) < 4.78 is 5.78. The van der Waals surface area contributed by atoms with Crippen molar-refractivity contribution in [2.45, 2.75) is 11.8 Å². The minimum Gasteiger partial charge on any atom is -0.465 e. The molecule has 0 spiro atoms. The van der Waals surface area contributed by atoms with Crippen LogP contribution in [0.4, 0.5) is 5.69 Å². The van der Waals surface area contributed by atoms with Crippen LogP contribution in [0, 0.1) is 0 Å². The number of benzene rings is 2. The van der Waals surface area contributed by atoms with Crippen molar-refractivity contribution in [1.29, 1.82) is 0 Å². The highest BCUT2D eigenvalue weighted by molar-refractivity contribution is 7.99. The number of carbonyl (C=O) groups excluding carboxylic acids is 2. The summed E-state index contributed by atoms with van der Waals surface area (Å²) in [6.45, 7) is 2.08. The smallest absolute Gasteiger partial charge is 0.350 e. The third kappa shape index (κ3) is 3.70. The fourth-order valence-electron chi connectivity index (χ4n) is 2.46. The first-order valence-corrected chi connectivity index (χ1v) is 9.58. The zero-order valence-electron chi connectivity index (χ0n) is 13.9. The first-order chi connectivity index (χ1) is 12.1. The second kappa shape index (κ2) is 7.72. The van der Waals surface area contributed by atoms with E-state index in [4.69, 9.17) is 4.74 Å². The summed E-state index contributed by atoms with van der Waals surface area (Å²) in [4.78, 5) is 26.2. The first kappa shape index (κ1) is 17.5. The van der Waals surface area contributed by atoms with Gasteiger partial charge < -0.3 is 10.1 Å². The summed E-state index contributed by atoms with van der Waals surface area (Å²) in [6, 6.07) is 15.0. The number of fused-ring (bicyclic) bond motifs is 1. The summed E-state index contributed by atoms with van der Waals surface area (Å²) in [5.41, 5.74) is 1.05. The van der Waals surface area contributed by atoms with Gasteiger partial charge in [-0.1, -0.05) is 25.1 Å². The van der Waals surface area contributed by atoms with E-state index in [2.05, 4.69) is 12.2 Å². The molecular formula is C19H17NO3S2. The minimum absolute atomic E-state index is 0.248. The molecular weight excluding hydrogens is 354 g/mol. The molecule has 0 saturated heterocycles. The molecule has 128 valence electrons. The van der Waals surface area contributed by atoms with E-state index < -0.39 is 5.97 Å². The summed E-state index contributed by atoms with van der Waals surface area (Å²) in [5, 5.41) is 3.71. The molecule has 1 N–H and O–H groups in total. The van der Waals surface area contributed by atoms with E-state index in [1.807, 2.05) is 36.4 Å². The molecule has 3 aromatic rings. The van der Waals surface area contributed by atoms with E-state index in [0.29, 0.717) is 16.1 Å². The van der Waals surface area contributed by atoms with Crippen molar-refractivity contribution in [1.82, 2.24) is 0 Å². The van der Waals surface area contributed by atoms with Gasteiger partial charge >= 0.3 is 5.97 Å². The number of hydrogen-bond acceptors (Lipinski definition) is 5. The van der Waals surface area contributed by atoms with Crippen LogP contribution in [-0.2, 0) is 4.74 Å². The Balaban J connectivity index is 1.93. The Hall–Kier alpha value is -2.31. The molecule has 0 aliphatic rings. The van der Waals surface area contributed by atoms with Crippen LogP contribution in [0.3, 0.4) is 0 Å². The van der Waals surface area contributed by atoms with Gasteiger partial charge in [0, 0.05) is 20.5 Å². The lowest BCUT2D eigenvalue weighted by molar-refractivity contribution is 0.0607. The Morgan fingerprint density at radius 3 is 2.52 bits per heavy atom. The van der Waals surface area contributed by atoms with Gasteiger partial charge in [0.05, 0.1) is 12.8 Å². The normalized spacial score (nSPS) is 10.6. The lowest BCUT2D eigenvalue weighted by atomic mass is 10.2. The molecule has 25 heavy (non-hydrogen) atoms. The van der Waals surface area contributed by atoms with Crippen LogP contribution in [0.5, 0.6) is 0 Å². The Labute approximate surface area is 154 Å². The summed E-state index contributed by atoms with van der Waals surface area (Å²) in [7, 11) is 1.34. The van der Waals surface area contributed by atoms with Crippen molar-refractivity contribution in [3.8, 4) is 0 Å². The van der Waals surface area contributed by atoms with Gasteiger partial charge in [-0.25, -0.2) is 4.79 Å². The molecule has 1 aromatic heterocycles. The maximum Gasteiger partial charge on any atom is 0.350 e. The van der Waals surface area contributed by atoms with Crippen LogP contribution in [0.15, 0.2) is 53.4 Å². The number of thioether (sulfide) groups is 1. The lowest BCUT2D eigenvalue weighted by Crippen LogP contribution is -2.14. The standard InChI is InChI=1S/C19H17NO3S2/c1-3-24-13-10-8-12(9-11-13)18(21)20-16-14-6-4-5-7-15(14)25-17(16)19(22)23-2/h4-11H,3H2,1-2H3,(H,20,21). The Morgan fingerprint density at radius 2 is 1.84 bits per heavy atom. The monoisotopic (exact) mass is 371 g/mol. The average Bonchev–Trinajstić information content (AvgIpc) is 3.00. The maximum absolute atomic E-state index is 12.6. The second-order valence-corrected chi connectivity index (χ2v) is 7.60. The fourth-order valence-corrected chi connectivity index (χ4v) is 4.20. The SMILES string of the molecule is CCSc1ccc(C(=O)Nc2c(C(=O)OC)sc3ccccc23)cc1. The largest absolute Gasteiger partial charge is 0.465 e. The lowest BCUT2D eigenvalue weighted by Gasteiger charge is -2.07. The van der Waals surface area contributed by atoms with E-state index in [9.17, 15) is 9.59 Å². The highest BCUT2D eigenvalue weighted by atomic mass is 32.2. The molecule has 0 fully saturated rings. The third-order valence-corrected chi connectivity index (χ3v) is 5.68. The minimum atomic E-state index is -0.453. The first-order valence-electron chi connectivity index (χ1n) is 7.78. The highest BCUT2D eigenvalue weighted by Crippen LogP contribution is 2.36. The number of ether oxygens (including phenoxy) is 1. The van der Waals surface area contributed by atoms with Gasteiger partial charge in [-0.3, -0.25) is 4.79 Å². The topological polar surface area (TPSA) is 55.4 Å². The number of anilines is 1. The number of thiophene rings is 1. The van der Waals surface area contributed by atoms with Gasteiger partial charge in [-0.05, 0) is 36.1 Å². The van der Waals surface area contributed by atoms with Crippen molar-refractivity contribution in [3.05, 3.63) is 59.0 Å². The van der Waals surface area contributed by atoms with E-state index in [1.165, 1.54) is 18.4 Å².